The van der Waals surface area contributed by atoms with Gasteiger partial charge in [0.05, 0.1) is 7.05 Å². The van der Waals surface area contributed by atoms with Gasteiger partial charge in [0, 0.05) is 4.90 Å². The van der Waals surface area contributed by atoms with Crippen LogP contribution in [0.15, 0.2) is 34.9 Å². The molecular formula is C12H14N3OS+. The highest BCUT2D eigenvalue weighted by atomic mass is 32.2. The number of carbonyl (C=O) groups is 1. The van der Waals surface area contributed by atoms with E-state index < -0.39 is 0 Å². The smallest absolute Gasteiger partial charge is 0.290 e. The van der Waals surface area contributed by atoms with E-state index in [1.807, 2.05) is 36.6 Å². The molecule has 2 rings (SSSR count). The third-order valence-electron chi connectivity index (χ3n) is 2.62. The first-order valence-corrected chi connectivity index (χ1v) is 6.37. The number of rotatable bonds is 2. The molecule has 0 saturated carbocycles. The molecule has 5 heteroatoms. The minimum atomic E-state index is -0.168. The molecule has 0 atom stereocenters. The Balaban J connectivity index is 2.33. The molecule has 0 spiro atoms. The minimum absolute atomic E-state index is 0.168. The molecule has 1 heterocycles. The van der Waals surface area contributed by atoms with E-state index in [4.69, 9.17) is 5.73 Å². The van der Waals surface area contributed by atoms with Gasteiger partial charge >= 0.3 is 11.9 Å². The predicted molar refractivity (Wildman–Crippen MR) is 69.7 cm³/mol. The Kier molecular flexibility index (Phi) is 3.19. The average molecular weight is 248 g/mol. The Bertz CT molecular complexity index is 517. The number of nitrogens with two attached hydrogens (primary N) is 1. The Morgan fingerprint density at radius 3 is 2.47 bits per heavy atom. The zero-order valence-electron chi connectivity index (χ0n) is 9.73. The number of likely N-dealkylation sites (N-methyl/N-ethyl adjacent to an activating group) is 1. The van der Waals surface area contributed by atoms with Crippen LogP contribution >= 0.6 is 11.8 Å². The Morgan fingerprint density at radius 1 is 1.35 bits per heavy atom. The highest BCUT2D eigenvalue weighted by Gasteiger charge is 2.28. The number of nitrogens with zero attached hydrogens (tertiary/aromatic N) is 1. The molecular weight excluding hydrogens is 234 g/mol. The van der Waals surface area contributed by atoms with Gasteiger partial charge in [0.25, 0.3) is 0 Å². The fourth-order valence-corrected chi connectivity index (χ4v) is 1.97. The number of amides is 1. The van der Waals surface area contributed by atoms with Crippen LogP contribution in [0.4, 0.5) is 0 Å². The molecule has 0 saturated heterocycles. The minimum Gasteiger partial charge on any atom is -0.290 e. The van der Waals surface area contributed by atoms with Crippen LogP contribution in [-0.4, -0.2) is 29.7 Å². The summed E-state index contributed by atoms with van der Waals surface area (Å²) in [7, 11) is 1.76. The zero-order chi connectivity index (χ0) is 12.4. The van der Waals surface area contributed by atoms with Gasteiger partial charge in [-0.15, -0.1) is 11.8 Å². The van der Waals surface area contributed by atoms with Crippen molar-refractivity contribution < 1.29 is 9.37 Å². The monoisotopic (exact) mass is 248 g/mol. The molecule has 0 aromatic heterocycles. The van der Waals surface area contributed by atoms with Crippen LogP contribution in [-0.2, 0) is 4.79 Å². The molecule has 4 nitrogen and oxygen atoms in total. The van der Waals surface area contributed by atoms with Crippen LogP contribution in [0.3, 0.4) is 0 Å². The van der Waals surface area contributed by atoms with Crippen LogP contribution in [0.2, 0.25) is 0 Å². The molecule has 88 valence electrons. The van der Waals surface area contributed by atoms with Gasteiger partial charge in [-0.3, -0.25) is 5.73 Å². The van der Waals surface area contributed by atoms with Crippen LogP contribution in [0, 0.1) is 0 Å². The summed E-state index contributed by atoms with van der Waals surface area (Å²) in [5.74, 6) is 0.195. The van der Waals surface area contributed by atoms with Crippen LogP contribution < -0.4 is 11.1 Å². The van der Waals surface area contributed by atoms with E-state index in [0.29, 0.717) is 11.7 Å². The summed E-state index contributed by atoms with van der Waals surface area (Å²) < 4.78 is 1.64. The third-order valence-corrected chi connectivity index (χ3v) is 3.36. The molecule has 1 aliphatic heterocycles. The Hall–Kier alpha value is -1.75. The molecule has 0 unspecified atom stereocenters. The third kappa shape index (κ3) is 2.34. The highest BCUT2D eigenvalue weighted by Crippen LogP contribution is 2.17. The maximum Gasteiger partial charge on any atom is 0.356 e. The zero-order valence-corrected chi connectivity index (χ0v) is 10.5. The molecule has 0 bridgehead atoms. The maximum atomic E-state index is 11.6. The SMILES string of the molecule is CSc1ccc(/C=C2/C(=O)NC(N)=[N+]2C)cc1. The van der Waals surface area contributed by atoms with Crippen molar-refractivity contribution in [3.8, 4) is 0 Å². The van der Waals surface area contributed by atoms with Crippen LogP contribution in [0.25, 0.3) is 6.08 Å². The van der Waals surface area contributed by atoms with E-state index in [1.54, 1.807) is 23.4 Å². The second-order valence-corrected chi connectivity index (χ2v) is 4.58. The second kappa shape index (κ2) is 4.63. The molecule has 1 aliphatic rings. The predicted octanol–water partition coefficient (Wildman–Crippen LogP) is 0.836. The normalized spacial score (nSPS) is 17.8. The van der Waals surface area contributed by atoms with E-state index in [-0.39, 0.29) is 5.91 Å². The van der Waals surface area contributed by atoms with E-state index >= 15 is 0 Å². The molecule has 1 amide bonds. The molecule has 0 fully saturated rings. The van der Waals surface area contributed by atoms with Crippen molar-refractivity contribution >= 4 is 29.7 Å². The lowest BCUT2D eigenvalue weighted by Crippen LogP contribution is -2.32. The summed E-state index contributed by atoms with van der Waals surface area (Å²) in [6, 6.07) is 8.01. The summed E-state index contributed by atoms with van der Waals surface area (Å²) >= 11 is 1.69. The summed E-state index contributed by atoms with van der Waals surface area (Å²) in [5, 5.41) is 2.57. The van der Waals surface area contributed by atoms with Gasteiger partial charge < -0.3 is 0 Å². The Labute approximate surface area is 104 Å². The lowest BCUT2D eigenvalue weighted by molar-refractivity contribution is -0.432. The van der Waals surface area contributed by atoms with Gasteiger partial charge in [-0.25, -0.2) is 14.7 Å². The van der Waals surface area contributed by atoms with Crippen molar-refractivity contribution in [3.05, 3.63) is 35.5 Å². The fraction of sp³-hybridized carbons (Fsp3) is 0.167. The maximum absolute atomic E-state index is 11.6. The topological polar surface area (TPSA) is 58.1 Å². The summed E-state index contributed by atoms with van der Waals surface area (Å²) in [6.45, 7) is 0. The van der Waals surface area contributed by atoms with Gasteiger partial charge in [0.1, 0.15) is 0 Å². The van der Waals surface area contributed by atoms with Crippen molar-refractivity contribution in [1.82, 2.24) is 5.32 Å². The number of hydrogen-bond acceptors (Lipinski definition) is 3. The highest BCUT2D eigenvalue weighted by molar-refractivity contribution is 7.98. The van der Waals surface area contributed by atoms with Gasteiger partial charge in [-0.1, -0.05) is 12.1 Å². The lowest BCUT2D eigenvalue weighted by atomic mass is 10.2. The first-order chi connectivity index (χ1) is 8.11. The van der Waals surface area contributed by atoms with Crippen molar-refractivity contribution in [1.29, 1.82) is 0 Å². The fourth-order valence-electron chi connectivity index (χ4n) is 1.57. The van der Waals surface area contributed by atoms with Crippen molar-refractivity contribution in [3.63, 3.8) is 0 Å². The van der Waals surface area contributed by atoms with E-state index in [2.05, 4.69) is 5.32 Å². The van der Waals surface area contributed by atoms with Gasteiger partial charge in [-0.2, -0.15) is 0 Å². The number of nitrogens with one attached hydrogen (secondary N) is 1. The molecule has 1 aromatic rings. The lowest BCUT2D eigenvalue weighted by Gasteiger charge is -1.99. The first kappa shape index (κ1) is 11.7. The number of carbonyl (C=O) groups excluding carboxylic acids is 1. The van der Waals surface area contributed by atoms with Crippen LogP contribution in [0.1, 0.15) is 5.56 Å². The van der Waals surface area contributed by atoms with E-state index in [1.165, 1.54) is 4.90 Å². The Morgan fingerprint density at radius 2 is 2.00 bits per heavy atom. The number of thioether (sulfide) groups is 1. The van der Waals surface area contributed by atoms with Crippen molar-refractivity contribution in [2.24, 2.45) is 5.73 Å². The summed E-state index contributed by atoms with van der Waals surface area (Å²) in [5.41, 5.74) is 7.16. The molecule has 0 aliphatic carbocycles. The standard InChI is InChI=1S/C12H13N3OS/c1-15-10(11(16)14-12(15)13)7-8-3-5-9(17-2)6-4-8/h3-7H,1-2H3,(H2,13,14,16)/p+1/b10-7-. The molecule has 17 heavy (non-hydrogen) atoms. The number of benzene rings is 1. The number of hydrogen-bond donors (Lipinski definition) is 2. The molecule has 0 radical (unpaired) electrons. The van der Waals surface area contributed by atoms with Gasteiger partial charge in [0.15, 0.2) is 5.70 Å². The molecule has 3 N–H and O–H groups in total. The largest absolute Gasteiger partial charge is 0.356 e. The summed E-state index contributed by atoms with van der Waals surface area (Å²) in [6.07, 6.45) is 3.85. The summed E-state index contributed by atoms with van der Waals surface area (Å²) in [4.78, 5) is 12.8. The first-order valence-electron chi connectivity index (χ1n) is 5.15. The van der Waals surface area contributed by atoms with Crippen molar-refractivity contribution in [2.75, 3.05) is 13.3 Å². The second-order valence-electron chi connectivity index (χ2n) is 3.70. The van der Waals surface area contributed by atoms with E-state index in [0.717, 1.165) is 5.56 Å². The quantitative estimate of drug-likeness (QED) is 0.463. The van der Waals surface area contributed by atoms with Gasteiger partial charge in [-0.05, 0) is 30.0 Å². The van der Waals surface area contributed by atoms with Crippen LogP contribution in [0.5, 0.6) is 0 Å². The number of guanidine groups is 1. The van der Waals surface area contributed by atoms with Crippen molar-refractivity contribution in [2.45, 2.75) is 4.90 Å². The van der Waals surface area contributed by atoms with E-state index in [9.17, 15) is 4.79 Å². The average Bonchev–Trinajstić information content (AvgIpc) is 2.57. The molecule has 1 aromatic carbocycles. The van der Waals surface area contributed by atoms with Gasteiger partial charge in [0.2, 0.25) is 0 Å².